The molecule has 2 aromatic rings. The van der Waals surface area contributed by atoms with Crippen molar-refractivity contribution in [1.29, 1.82) is 0 Å². The molecule has 0 saturated carbocycles. The van der Waals surface area contributed by atoms with Crippen molar-refractivity contribution in [3.63, 3.8) is 0 Å². The van der Waals surface area contributed by atoms with E-state index in [1.807, 2.05) is 6.92 Å². The molecule has 1 aromatic carbocycles. The zero-order valence-electron chi connectivity index (χ0n) is 11.3. The van der Waals surface area contributed by atoms with Gasteiger partial charge in [-0.15, -0.1) is 0 Å². The molecule has 0 amide bonds. The predicted molar refractivity (Wildman–Crippen MR) is 79.7 cm³/mol. The minimum Gasteiger partial charge on any atom is -0.437 e. The second-order valence-electron chi connectivity index (χ2n) is 4.29. The molecule has 4 nitrogen and oxygen atoms in total. The molecule has 0 bridgehead atoms. The fraction of sp³-hybridized carbons (Fsp3) is 0.286. The van der Waals surface area contributed by atoms with Crippen LogP contribution in [0.15, 0.2) is 28.9 Å². The number of hydrogen-bond acceptors (Lipinski definition) is 4. The summed E-state index contributed by atoms with van der Waals surface area (Å²) in [5, 5.41) is 3.10. The van der Waals surface area contributed by atoms with Crippen LogP contribution in [0.3, 0.4) is 0 Å². The number of aryl methyl sites for hydroxylation is 1. The first-order valence-corrected chi connectivity index (χ1v) is 7.10. The Labute approximate surface area is 125 Å². The molecule has 0 radical (unpaired) electrons. The van der Waals surface area contributed by atoms with Crippen molar-refractivity contribution in [2.24, 2.45) is 0 Å². The number of nitrogens with one attached hydrogen (secondary N) is 1. The number of nitrogens with zero attached hydrogens (tertiary/aromatic N) is 2. The molecule has 0 spiro atoms. The molecule has 2 rings (SSSR count). The molecule has 0 atom stereocenters. The van der Waals surface area contributed by atoms with Gasteiger partial charge in [0.1, 0.15) is 11.6 Å². The lowest BCUT2D eigenvalue weighted by Gasteiger charge is -2.10. The summed E-state index contributed by atoms with van der Waals surface area (Å²) in [5.41, 5.74) is 0.809. The van der Waals surface area contributed by atoms with E-state index in [4.69, 9.17) is 4.74 Å². The number of benzene rings is 1. The minimum atomic E-state index is -0.325. The summed E-state index contributed by atoms with van der Waals surface area (Å²) in [5.74, 6) is 1.15. The van der Waals surface area contributed by atoms with Crippen molar-refractivity contribution >= 4 is 21.9 Å². The molecule has 106 valence electrons. The van der Waals surface area contributed by atoms with Crippen LogP contribution in [-0.4, -0.2) is 16.5 Å². The van der Waals surface area contributed by atoms with Crippen molar-refractivity contribution in [1.82, 2.24) is 9.97 Å². The molecule has 0 fully saturated rings. The topological polar surface area (TPSA) is 47.0 Å². The van der Waals surface area contributed by atoms with Crippen molar-refractivity contribution in [2.75, 3.05) is 11.9 Å². The zero-order chi connectivity index (χ0) is 14.5. The van der Waals surface area contributed by atoms with E-state index in [-0.39, 0.29) is 5.82 Å². The van der Waals surface area contributed by atoms with E-state index in [9.17, 15) is 4.39 Å². The second kappa shape index (κ2) is 6.65. The lowest BCUT2D eigenvalue weighted by molar-refractivity contribution is 0.453. The number of ether oxygens (including phenoxy) is 1. The first-order valence-electron chi connectivity index (χ1n) is 6.30. The Morgan fingerprint density at radius 3 is 2.90 bits per heavy atom. The summed E-state index contributed by atoms with van der Waals surface area (Å²) in [6.45, 7) is 4.72. The molecule has 0 unspecified atom stereocenters. The summed E-state index contributed by atoms with van der Waals surface area (Å²) in [7, 11) is 0. The van der Waals surface area contributed by atoms with E-state index in [1.165, 1.54) is 12.1 Å². The van der Waals surface area contributed by atoms with Gasteiger partial charge in [0.25, 0.3) is 0 Å². The molecule has 0 aliphatic carbocycles. The third-order valence-electron chi connectivity index (χ3n) is 2.56. The van der Waals surface area contributed by atoms with E-state index >= 15 is 0 Å². The number of hydrogen-bond donors (Lipinski definition) is 1. The van der Waals surface area contributed by atoms with Crippen molar-refractivity contribution in [3.8, 4) is 11.6 Å². The van der Waals surface area contributed by atoms with Crippen LogP contribution < -0.4 is 10.1 Å². The van der Waals surface area contributed by atoms with Gasteiger partial charge < -0.3 is 10.1 Å². The molecule has 1 aromatic heterocycles. The number of halogens is 2. The van der Waals surface area contributed by atoms with Gasteiger partial charge in [-0.1, -0.05) is 6.92 Å². The molecule has 1 heterocycles. The number of rotatable bonds is 5. The highest BCUT2D eigenvalue weighted by atomic mass is 79.9. The highest BCUT2D eigenvalue weighted by Crippen LogP contribution is 2.30. The summed E-state index contributed by atoms with van der Waals surface area (Å²) in [6.07, 6.45) is 2.68. The Kier molecular flexibility index (Phi) is 4.89. The molecule has 1 N–H and O–H groups in total. The predicted octanol–water partition coefficient (Wildman–Crippen LogP) is 4.30. The maximum Gasteiger partial charge on any atom is 0.227 e. The van der Waals surface area contributed by atoms with E-state index in [2.05, 4.69) is 38.1 Å². The standard InChI is InChI=1S/C14H15BrFN3O/c1-3-6-17-14-18-8-9(2)13(19-14)20-12-5-4-10(16)7-11(12)15/h4-5,7-8H,3,6H2,1-2H3,(H,17,18,19). The smallest absolute Gasteiger partial charge is 0.227 e. The van der Waals surface area contributed by atoms with Crippen molar-refractivity contribution in [3.05, 3.63) is 40.2 Å². The molecule has 0 aliphatic heterocycles. The van der Waals surface area contributed by atoms with E-state index < -0.39 is 0 Å². The normalized spacial score (nSPS) is 10.4. The number of anilines is 1. The van der Waals surface area contributed by atoms with E-state index in [0.29, 0.717) is 22.1 Å². The highest BCUT2D eigenvalue weighted by Gasteiger charge is 2.09. The lowest BCUT2D eigenvalue weighted by atomic mass is 10.3. The van der Waals surface area contributed by atoms with Crippen molar-refractivity contribution in [2.45, 2.75) is 20.3 Å². The van der Waals surface area contributed by atoms with Gasteiger partial charge in [-0.25, -0.2) is 9.37 Å². The first-order chi connectivity index (χ1) is 9.60. The van der Waals surface area contributed by atoms with E-state index in [1.54, 1.807) is 12.3 Å². The van der Waals surface area contributed by atoms with Gasteiger partial charge in [0.15, 0.2) is 0 Å². The Bertz CT molecular complexity index is 607. The van der Waals surface area contributed by atoms with Crippen molar-refractivity contribution < 1.29 is 9.13 Å². The lowest BCUT2D eigenvalue weighted by Crippen LogP contribution is -2.05. The average Bonchev–Trinajstić information content (AvgIpc) is 2.42. The monoisotopic (exact) mass is 339 g/mol. The van der Waals surface area contributed by atoms with Crippen LogP contribution in [0.1, 0.15) is 18.9 Å². The fourth-order valence-corrected chi connectivity index (χ4v) is 1.95. The van der Waals surface area contributed by atoms with Crippen LogP contribution in [0.4, 0.5) is 10.3 Å². The molecule has 20 heavy (non-hydrogen) atoms. The summed E-state index contributed by atoms with van der Waals surface area (Å²) < 4.78 is 19.3. The Hall–Kier alpha value is -1.69. The Balaban J connectivity index is 2.23. The van der Waals surface area contributed by atoms with Crippen LogP contribution in [-0.2, 0) is 0 Å². The molecule has 0 aliphatic rings. The maximum absolute atomic E-state index is 13.0. The summed E-state index contributed by atoms with van der Waals surface area (Å²) in [6, 6.07) is 4.25. The van der Waals surface area contributed by atoms with Gasteiger partial charge in [0.2, 0.25) is 11.8 Å². The van der Waals surface area contributed by atoms with Gasteiger partial charge >= 0.3 is 0 Å². The van der Waals surface area contributed by atoms with Crippen LogP contribution in [0.2, 0.25) is 0 Å². The van der Waals surface area contributed by atoms with Gasteiger partial charge in [-0.3, -0.25) is 0 Å². The molecular formula is C14H15BrFN3O. The van der Waals surface area contributed by atoms with Crippen LogP contribution in [0, 0.1) is 12.7 Å². The van der Waals surface area contributed by atoms with Gasteiger partial charge in [-0.2, -0.15) is 4.98 Å². The first kappa shape index (κ1) is 14.7. The Morgan fingerprint density at radius 2 is 2.20 bits per heavy atom. The average molecular weight is 340 g/mol. The SMILES string of the molecule is CCCNc1ncc(C)c(Oc2ccc(F)cc2Br)n1. The largest absolute Gasteiger partial charge is 0.437 e. The maximum atomic E-state index is 13.0. The second-order valence-corrected chi connectivity index (χ2v) is 5.14. The third kappa shape index (κ3) is 3.66. The highest BCUT2D eigenvalue weighted by molar-refractivity contribution is 9.10. The van der Waals surface area contributed by atoms with E-state index in [0.717, 1.165) is 18.5 Å². The summed E-state index contributed by atoms with van der Waals surface area (Å²) >= 11 is 3.27. The summed E-state index contributed by atoms with van der Waals surface area (Å²) in [4.78, 5) is 8.49. The van der Waals surface area contributed by atoms with Gasteiger partial charge in [0, 0.05) is 18.3 Å². The molecular weight excluding hydrogens is 325 g/mol. The fourth-order valence-electron chi connectivity index (χ4n) is 1.51. The van der Waals surface area contributed by atoms with Gasteiger partial charge in [-0.05, 0) is 47.5 Å². The Morgan fingerprint density at radius 1 is 1.40 bits per heavy atom. The quantitative estimate of drug-likeness (QED) is 0.882. The van der Waals surface area contributed by atoms with Crippen LogP contribution in [0.25, 0.3) is 0 Å². The van der Waals surface area contributed by atoms with Crippen LogP contribution in [0.5, 0.6) is 11.6 Å². The van der Waals surface area contributed by atoms with Crippen LogP contribution >= 0.6 is 15.9 Å². The molecule has 6 heteroatoms. The third-order valence-corrected chi connectivity index (χ3v) is 3.18. The minimum absolute atomic E-state index is 0.325. The number of aromatic nitrogens is 2. The molecule has 0 saturated heterocycles. The van der Waals surface area contributed by atoms with Gasteiger partial charge in [0.05, 0.1) is 4.47 Å². The zero-order valence-corrected chi connectivity index (χ0v) is 12.9.